The van der Waals surface area contributed by atoms with Gasteiger partial charge in [-0.1, -0.05) is 0 Å². The first-order valence-corrected chi connectivity index (χ1v) is 5.42. The van der Waals surface area contributed by atoms with Crippen LogP contribution in [0, 0.1) is 5.82 Å². The van der Waals surface area contributed by atoms with E-state index in [1.807, 2.05) is 4.90 Å². The van der Waals surface area contributed by atoms with Crippen molar-refractivity contribution in [1.29, 1.82) is 0 Å². The van der Waals surface area contributed by atoms with Gasteiger partial charge >= 0.3 is 5.97 Å². The SMILES string of the molecule is COC(=O)c1cc(F)cc(N2CCOCC2)c1. The van der Waals surface area contributed by atoms with Crippen LogP contribution in [0.3, 0.4) is 0 Å². The van der Waals surface area contributed by atoms with Crippen LogP contribution >= 0.6 is 0 Å². The molecule has 0 spiro atoms. The minimum Gasteiger partial charge on any atom is -0.465 e. The second kappa shape index (κ2) is 5.14. The van der Waals surface area contributed by atoms with E-state index in [1.54, 1.807) is 6.07 Å². The van der Waals surface area contributed by atoms with Crippen molar-refractivity contribution in [3.05, 3.63) is 29.6 Å². The number of halogens is 1. The first-order chi connectivity index (χ1) is 8.20. The number of hydrogen-bond donors (Lipinski definition) is 0. The van der Waals surface area contributed by atoms with Gasteiger partial charge in [-0.3, -0.25) is 0 Å². The average Bonchev–Trinajstić information content (AvgIpc) is 2.38. The van der Waals surface area contributed by atoms with Crippen LogP contribution in [-0.4, -0.2) is 39.4 Å². The number of nitrogens with zero attached hydrogens (tertiary/aromatic N) is 1. The molecule has 5 heteroatoms. The third-order valence-corrected chi connectivity index (χ3v) is 2.68. The number of carbonyl (C=O) groups excluding carboxylic acids is 1. The molecule has 0 saturated carbocycles. The minimum absolute atomic E-state index is 0.231. The minimum atomic E-state index is -0.529. The van der Waals surface area contributed by atoms with Gasteiger partial charge in [-0.25, -0.2) is 9.18 Å². The zero-order valence-corrected chi connectivity index (χ0v) is 9.61. The zero-order valence-electron chi connectivity index (χ0n) is 9.61. The topological polar surface area (TPSA) is 38.8 Å². The summed E-state index contributed by atoms with van der Waals surface area (Å²) in [5.74, 6) is -0.964. The predicted molar refractivity (Wildman–Crippen MR) is 60.8 cm³/mol. The van der Waals surface area contributed by atoms with Gasteiger partial charge in [0.25, 0.3) is 0 Å². The van der Waals surface area contributed by atoms with E-state index in [0.717, 1.165) is 0 Å². The van der Waals surface area contributed by atoms with E-state index in [1.165, 1.54) is 19.2 Å². The fraction of sp³-hybridized carbons (Fsp3) is 0.417. The standard InChI is InChI=1S/C12H14FNO3/c1-16-12(15)9-6-10(13)8-11(7-9)14-2-4-17-5-3-14/h6-8H,2-5H2,1H3. The molecule has 92 valence electrons. The fourth-order valence-corrected chi connectivity index (χ4v) is 1.81. The molecule has 0 amide bonds. The Bertz CT molecular complexity index is 416. The van der Waals surface area contributed by atoms with Gasteiger partial charge < -0.3 is 14.4 Å². The molecule has 0 unspecified atom stereocenters. The summed E-state index contributed by atoms with van der Waals surface area (Å²) in [5, 5.41) is 0. The van der Waals surface area contributed by atoms with Gasteiger partial charge in [-0.15, -0.1) is 0 Å². The molecule has 2 rings (SSSR count). The van der Waals surface area contributed by atoms with Crippen LogP contribution < -0.4 is 4.90 Å². The van der Waals surface area contributed by atoms with Crippen molar-refractivity contribution in [3.8, 4) is 0 Å². The molecule has 0 bridgehead atoms. The van der Waals surface area contributed by atoms with E-state index in [9.17, 15) is 9.18 Å². The van der Waals surface area contributed by atoms with E-state index in [0.29, 0.717) is 32.0 Å². The summed E-state index contributed by atoms with van der Waals surface area (Å²) >= 11 is 0. The van der Waals surface area contributed by atoms with Crippen molar-refractivity contribution in [2.75, 3.05) is 38.3 Å². The third-order valence-electron chi connectivity index (χ3n) is 2.68. The number of morpholine rings is 1. The summed E-state index contributed by atoms with van der Waals surface area (Å²) in [6.07, 6.45) is 0. The first kappa shape index (κ1) is 11.9. The number of ether oxygens (including phenoxy) is 2. The Balaban J connectivity index is 2.27. The van der Waals surface area contributed by atoms with Gasteiger partial charge in [0.1, 0.15) is 5.82 Å². The number of anilines is 1. The molecule has 0 aromatic heterocycles. The molecule has 0 atom stereocenters. The monoisotopic (exact) mass is 239 g/mol. The maximum atomic E-state index is 13.4. The number of hydrogen-bond acceptors (Lipinski definition) is 4. The summed E-state index contributed by atoms with van der Waals surface area (Å²) in [7, 11) is 1.28. The summed E-state index contributed by atoms with van der Waals surface area (Å²) in [6, 6.07) is 4.23. The number of carbonyl (C=O) groups is 1. The zero-order chi connectivity index (χ0) is 12.3. The highest BCUT2D eigenvalue weighted by Gasteiger charge is 2.15. The third kappa shape index (κ3) is 2.74. The Labute approximate surface area is 98.9 Å². The maximum Gasteiger partial charge on any atom is 0.338 e. The maximum absolute atomic E-state index is 13.4. The van der Waals surface area contributed by atoms with Crippen molar-refractivity contribution in [3.63, 3.8) is 0 Å². The molecule has 1 aliphatic rings. The van der Waals surface area contributed by atoms with Crippen molar-refractivity contribution in [2.24, 2.45) is 0 Å². The lowest BCUT2D eigenvalue weighted by Gasteiger charge is -2.29. The Kier molecular flexibility index (Phi) is 3.58. The average molecular weight is 239 g/mol. The molecule has 17 heavy (non-hydrogen) atoms. The summed E-state index contributed by atoms with van der Waals surface area (Å²) in [5.41, 5.74) is 0.919. The summed E-state index contributed by atoms with van der Waals surface area (Å²) < 4.78 is 23.2. The highest BCUT2D eigenvalue weighted by Crippen LogP contribution is 2.20. The number of benzene rings is 1. The predicted octanol–water partition coefficient (Wildman–Crippen LogP) is 1.45. The highest BCUT2D eigenvalue weighted by molar-refractivity contribution is 5.90. The molecule has 1 saturated heterocycles. The Morgan fingerprint density at radius 2 is 2.06 bits per heavy atom. The molecule has 1 heterocycles. The summed E-state index contributed by atoms with van der Waals surface area (Å²) in [4.78, 5) is 13.4. The van der Waals surface area contributed by atoms with Gasteiger partial charge in [0, 0.05) is 18.8 Å². The van der Waals surface area contributed by atoms with Crippen LogP contribution in [-0.2, 0) is 9.47 Å². The van der Waals surface area contributed by atoms with E-state index in [4.69, 9.17) is 4.74 Å². The highest BCUT2D eigenvalue weighted by atomic mass is 19.1. The van der Waals surface area contributed by atoms with Crippen LogP contribution in [0.1, 0.15) is 10.4 Å². The quantitative estimate of drug-likeness (QED) is 0.732. The summed E-state index contributed by atoms with van der Waals surface area (Å²) in [6.45, 7) is 2.63. The van der Waals surface area contributed by atoms with Gasteiger partial charge in [0.05, 0.1) is 25.9 Å². The molecule has 1 aromatic rings. The molecule has 0 radical (unpaired) electrons. The van der Waals surface area contributed by atoms with Crippen LogP contribution in [0.5, 0.6) is 0 Å². The molecule has 0 N–H and O–H groups in total. The lowest BCUT2D eigenvalue weighted by atomic mass is 10.1. The second-order valence-corrected chi connectivity index (χ2v) is 3.79. The lowest BCUT2D eigenvalue weighted by molar-refractivity contribution is 0.0600. The van der Waals surface area contributed by atoms with E-state index in [2.05, 4.69) is 4.74 Å². The van der Waals surface area contributed by atoms with Gasteiger partial charge in [0.2, 0.25) is 0 Å². The van der Waals surface area contributed by atoms with Crippen LogP contribution in [0.25, 0.3) is 0 Å². The van der Waals surface area contributed by atoms with Gasteiger partial charge in [-0.2, -0.15) is 0 Å². The molecule has 1 aromatic carbocycles. The Morgan fingerprint density at radius 3 is 2.71 bits per heavy atom. The molecule has 4 nitrogen and oxygen atoms in total. The fourth-order valence-electron chi connectivity index (χ4n) is 1.81. The van der Waals surface area contributed by atoms with Crippen molar-refractivity contribution < 1.29 is 18.7 Å². The van der Waals surface area contributed by atoms with Gasteiger partial charge in [0.15, 0.2) is 0 Å². The first-order valence-electron chi connectivity index (χ1n) is 5.42. The van der Waals surface area contributed by atoms with E-state index >= 15 is 0 Å². The number of rotatable bonds is 2. The molecule has 1 aliphatic heterocycles. The largest absolute Gasteiger partial charge is 0.465 e. The number of methoxy groups -OCH3 is 1. The Hall–Kier alpha value is -1.62. The molecule has 0 aliphatic carbocycles. The van der Waals surface area contributed by atoms with Crippen molar-refractivity contribution in [1.82, 2.24) is 0 Å². The molecular formula is C12H14FNO3. The molecular weight excluding hydrogens is 225 g/mol. The van der Waals surface area contributed by atoms with Crippen molar-refractivity contribution >= 4 is 11.7 Å². The smallest absolute Gasteiger partial charge is 0.338 e. The van der Waals surface area contributed by atoms with Crippen LogP contribution in [0.2, 0.25) is 0 Å². The van der Waals surface area contributed by atoms with Crippen molar-refractivity contribution in [2.45, 2.75) is 0 Å². The second-order valence-electron chi connectivity index (χ2n) is 3.79. The molecule has 1 fully saturated rings. The van der Waals surface area contributed by atoms with Crippen LogP contribution in [0.15, 0.2) is 18.2 Å². The Morgan fingerprint density at radius 1 is 1.35 bits per heavy atom. The van der Waals surface area contributed by atoms with E-state index in [-0.39, 0.29) is 5.56 Å². The van der Waals surface area contributed by atoms with E-state index < -0.39 is 11.8 Å². The van der Waals surface area contributed by atoms with Gasteiger partial charge in [-0.05, 0) is 18.2 Å². The normalized spacial score (nSPS) is 15.8. The number of esters is 1. The van der Waals surface area contributed by atoms with Crippen LogP contribution in [0.4, 0.5) is 10.1 Å². The lowest BCUT2D eigenvalue weighted by Crippen LogP contribution is -2.36.